The minimum Gasteiger partial charge on any atom is -0.482 e. The molecule has 0 aliphatic heterocycles. The number of halogens is 2. The minimum absolute atomic E-state index is 0.167. The summed E-state index contributed by atoms with van der Waals surface area (Å²) in [4.78, 5) is 11.8. The molecular weight excluding hydrogens is 293 g/mol. The number of ether oxygens (including phenoxy) is 1. The van der Waals surface area contributed by atoms with Crippen molar-refractivity contribution in [2.45, 2.75) is 13.8 Å². The van der Waals surface area contributed by atoms with Gasteiger partial charge in [0, 0.05) is 5.69 Å². The standard InChI is InChI=1S/C16H15ClFNO2/c1-10-3-5-13(17)15(7-10)21-9-16(20)19-14-6-4-12(18)8-11(14)2/h3-8H,9H2,1-2H3,(H,19,20). The summed E-state index contributed by atoms with van der Waals surface area (Å²) in [7, 11) is 0. The topological polar surface area (TPSA) is 38.3 Å². The monoisotopic (exact) mass is 307 g/mol. The summed E-state index contributed by atoms with van der Waals surface area (Å²) >= 11 is 5.98. The molecule has 2 rings (SSSR count). The van der Waals surface area contributed by atoms with E-state index in [1.54, 1.807) is 19.1 Å². The van der Waals surface area contributed by atoms with Crippen LogP contribution in [0.1, 0.15) is 11.1 Å². The molecule has 0 unspecified atom stereocenters. The molecular formula is C16H15ClFNO2. The van der Waals surface area contributed by atoms with Crippen molar-refractivity contribution in [1.82, 2.24) is 0 Å². The van der Waals surface area contributed by atoms with Crippen LogP contribution in [0, 0.1) is 19.7 Å². The van der Waals surface area contributed by atoms with Gasteiger partial charge in [0.25, 0.3) is 5.91 Å². The second-order valence-electron chi connectivity index (χ2n) is 4.73. The van der Waals surface area contributed by atoms with Crippen LogP contribution in [0.3, 0.4) is 0 Å². The van der Waals surface area contributed by atoms with Gasteiger partial charge in [-0.15, -0.1) is 0 Å². The van der Waals surface area contributed by atoms with Crippen molar-refractivity contribution in [3.8, 4) is 5.75 Å². The number of amides is 1. The molecule has 0 aliphatic carbocycles. The van der Waals surface area contributed by atoms with Crippen LogP contribution in [0.15, 0.2) is 36.4 Å². The van der Waals surface area contributed by atoms with E-state index in [1.165, 1.54) is 18.2 Å². The van der Waals surface area contributed by atoms with E-state index in [2.05, 4.69) is 5.32 Å². The van der Waals surface area contributed by atoms with Gasteiger partial charge in [-0.05, 0) is 55.3 Å². The molecule has 0 saturated heterocycles. The normalized spacial score (nSPS) is 10.3. The molecule has 0 fully saturated rings. The van der Waals surface area contributed by atoms with Crippen LogP contribution in [-0.4, -0.2) is 12.5 Å². The molecule has 0 atom stereocenters. The van der Waals surface area contributed by atoms with Crippen LogP contribution in [0.4, 0.5) is 10.1 Å². The first-order valence-corrected chi connectivity index (χ1v) is 6.78. The average molecular weight is 308 g/mol. The van der Waals surface area contributed by atoms with Gasteiger partial charge >= 0.3 is 0 Å². The second-order valence-corrected chi connectivity index (χ2v) is 5.14. The molecule has 2 aromatic rings. The molecule has 0 aromatic heterocycles. The Balaban J connectivity index is 1.97. The first-order chi connectivity index (χ1) is 9.95. The fourth-order valence-corrected chi connectivity index (χ4v) is 1.99. The largest absolute Gasteiger partial charge is 0.482 e. The summed E-state index contributed by atoms with van der Waals surface area (Å²) in [5, 5.41) is 3.12. The van der Waals surface area contributed by atoms with Crippen LogP contribution in [0.2, 0.25) is 5.02 Å². The van der Waals surface area contributed by atoms with Crippen molar-refractivity contribution >= 4 is 23.2 Å². The van der Waals surface area contributed by atoms with Gasteiger partial charge in [-0.1, -0.05) is 17.7 Å². The van der Waals surface area contributed by atoms with Crippen LogP contribution < -0.4 is 10.1 Å². The molecule has 1 N–H and O–H groups in total. The zero-order valence-electron chi connectivity index (χ0n) is 11.7. The van der Waals surface area contributed by atoms with Crippen molar-refractivity contribution in [1.29, 1.82) is 0 Å². The number of nitrogens with one attached hydrogen (secondary N) is 1. The highest BCUT2D eigenvalue weighted by Crippen LogP contribution is 2.25. The number of hydrogen-bond donors (Lipinski definition) is 1. The summed E-state index contributed by atoms with van der Waals surface area (Å²) in [6.07, 6.45) is 0. The molecule has 3 nitrogen and oxygen atoms in total. The quantitative estimate of drug-likeness (QED) is 0.923. The van der Waals surface area contributed by atoms with Crippen molar-refractivity contribution < 1.29 is 13.9 Å². The van der Waals surface area contributed by atoms with Crippen molar-refractivity contribution in [2.75, 3.05) is 11.9 Å². The number of aryl methyl sites for hydroxylation is 2. The van der Waals surface area contributed by atoms with Crippen LogP contribution >= 0.6 is 11.6 Å². The van der Waals surface area contributed by atoms with Gasteiger partial charge in [0.1, 0.15) is 11.6 Å². The predicted molar refractivity (Wildman–Crippen MR) is 81.5 cm³/mol. The van der Waals surface area contributed by atoms with Crippen molar-refractivity contribution in [2.24, 2.45) is 0 Å². The number of carbonyl (C=O) groups excluding carboxylic acids is 1. The van der Waals surface area contributed by atoms with E-state index in [9.17, 15) is 9.18 Å². The average Bonchev–Trinajstić information content (AvgIpc) is 2.43. The van der Waals surface area contributed by atoms with E-state index >= 15 is 0 Å². The molecule has 21 heavy (non-hydrogen) atoms. The molecule has 0 radical (unpaired) electrons. The summed E-state index contributed by atoms with van der Waals surface area (Å²) in [6, 6.07) is 9.50. The number of anilines is 1. The molecule has 0 saturated carbocycles. The Morgan fingerprint density at radius 1 is 1.24 bits per heavy atom. The van der Waals surface area contributed by atoms with Crippen LogP contribution in [0.25, 0.3) is 0 Å². The first kappa shape index (κ1) is 15.3. The Labute approximate surface area is 127 Å². The Hall–Kier alpha value is -2.07. The lowest BCUT2D eigenvalue weighted by atomic mass is 10.2. The Morgan fingerprint density at radius 2 is 2.00 bits per heavy atom. The van der Waals surface area contributed by atoms with E-state index in [0.717, 1.165) is 5.56 Å². The summed E-state index contributed by atoms with van der Waals surface area (Å²) in [6.45, 7) is 3.46. The molecule has 5 heteroatoms. The number of hydrogen-bond acceptors (Lipinski definition) is 2. The minimum atomic E-state index is -0.340. The SMILES string of the molecule is Cc1ccc(Cl)c(OCC(=O)Nc2ccc(F)cc2C)c1. The van der Waals surface area contributed by atoms with E-state index in [0.29, 0.717) is 22.0 Å². The third-order valence-corrected chi connectivity index (χ3v) is 3.22. The lowest BCUT2D eigenvalue weighted by molar-refractivity contribution is -0.118. The molecule has 2 aromatic carbocycles. The highest BCUT2D eigenvalue weighted by atomic mass is 35.5. The number of benzene rings is 2. The van der Waals surface area contributed by atoms with Gasteiger partial charge in [-0.2, -0.15) is 0 Å². The third kappa shape index (κ3) is 4.20. The molecule has 110 valence electrons. The fraction of sp³-hybridized carbons (Fsp3) is 0.188. The van der Waals surface area contributed by atoms with Gasteiger partial charge in [0.2, 0.25) is 0 Å². The molecule has 0 bridgehead atoms. The predicted octanol–water partition coefficient (Wildman–Crippen LogP) is 4.11. The molecule has 1 amide bonds. The maximum atomic E-state index is 13.0. The smallest absolute Gasteiger partial charge is 0.262 e. The highest BCUT2D eigenvalue weighted by Gasteiger charge is 2.08. The summed E-state index contributed by atoms with van der Waals surface area (Å²) < 4.78 is 18.4. The fourth-order valence-electron chi connectivity index (χ4n) is 1.82. The van der Waals surface area contributed by atoms with E-state index < -0.39 is 0 Å². The Bertz CT molecular complexity index is 673. The lowest BCUT2D eigenvalue weighted by Crippen LogP contribution is -2.20. The zero-order valence-corrected chi connectivity index (χ0v) is 12.5. The maximum Gasteiger partial charge on any atom is 0.262 e. The van der Waals surface area contributed by atoms with Gasteiger partial charge in [0.05, 0.1) is 5.02 Å². The van der Waals surface area contributed by atoms with E-state index in [4.69, 9.17) is 16.3 Å². The zero-order chi connectivity index (χ0) is 15.4. The van der Waals surface area contributed by atoms with Crippen molar-refractivity contribution in [3.63, 3.8) is 0 Å². The van der Waals surface area contributed by atoms with Crippen LogP contribution in [-0.2, 0) is 4.79 Å². The van der Waals surface area contributed by atoms with Gasteiger partial charge in [-0.3, -0.25) is 4.79 Å². The molecule has 0 heterocycles. The first-order valence-electron chi connectivity index (χ1n) is 6.40. The maximum absolute atomic E-state index is 13.0. The number of rotatable bonds is 4. The van der Waals surface area contributed by atoms with E-state index in [-0.39, 0.29) is 18.3 Å². The van der Waals surface area contributed by atoms with Crippen LogP contribution in [0.5, 0.6) is 5.75 Å². The molecule has 0 spiro atoms. The number of carbonyl (C=O) groups is 1. The van der Waals surface area contributed by atoms with Gasteiger partial charge in [0.15, 0.2) is 6.61 Å². The van der Waals surface area contributed by atoms with E-state index in [1.807, 2.05) is 13.0 Å². The van der Waals surface area contributed by atoms with Gasteiger partial charge in [-0.25, -0.2) is 4.39 Å². The summed E-state index contributed by atoms with van der Waals surface area (Å²) in [5.41, 5.74) is 2.20. The van der Waals surface area contributed by atoms with Gasteiger partial charge < -0.3 is 10.1 Å². The molecule has 0 aliphatic rings. The Kier molecular flexibility index (Phi) is 4.81. The highest BCUT2D eigenvalue weighted by molar-refractivity contribution is 6.32. The Morgan fingerprint density at radius 3 is 2.71 bits per heavy atom. The second kappa shape index (κ2) is 6.59. The lowest BCUT2D eigenvalue weighted by Gasteiger charge is -2.11. The third-order valence-electron chi connectivity index (χ3n) is 2.91. The summed E-state index contributed by atoms with van der Waals surface area (Å²) in [5.74, 6) is -0.210. The van der Waals surface area contributed by atoms with Crippen molar-refractivity contribution in [3.05, 3.63) is 58.4 Å².